The highest BCUT2D eigenvalue weighted by atomic mass is 35.5. The second kappa shape index (κ2) is 7.13. The Kier molecular flexibility index (Phi) is 5.20. The van der Waals surface area contributed by atoms with Crippen LogP contribution in [0.3, 0.4) is 0 Å². The molecule has 2 aliphatic rings. The van der Waals surface area contributed by atoms with Crippen molar-refractivity contribution in [3.05, 3.63) is 34.9 Å². The zero-order valence-corrected chi connectivity index (χ0v) is 13.5. The molecule has 3 heteroatoms. The normalized spacial score (nSPS) is 30.7. The van der Waals surface area contributed by atoms with Crippen molar-refractivity contribution in [2.24, 2.45) is 23.6 Å². The number of rotatable bonds is 4. The van der Waals surface area contributed by atoms with E-state index < -0.39 is 0 Å². The quantitative estimate of drug-likeness (QED) is 0.642. The van der Waals surface area contributed by atoms with Crippen molar-refractivity contribution < 1.29 is 0 Å². The fourth-order valence-corrected chi connectivity index (χ4v) is 4.75. The first-order valence-corrected chi connectivity index (χ1v) is 8.85. The van der Waals surface area contributed by atoms with Crippen molar-refractivity contribution in [3.8, 4) is 0 Å². The Morgan fingerprint density at radius 2 is 1.86 bits per heavy atom. The maximum atomic E-state index is 6.31. The van der Waals surface area contributed by atoms with Gasteiger partial charge < -0.3 is 0 Å². The van der Waals surface area contributed by atoms with Crippen LogP contribution in [0, 0.1) is 17.8 Å². The summed E-state index contributed by atoms with van der Waals surface area (Å²) in [6.45, 7) is 0. The third-order valence-corrected chi connectivity index (χ3v) is 6.13. The van der Waals surface area contributed by atoms with Gasteiger partial charge in [-0.05, 0) is 55.1 Å². The lowest BCUT2D eigenvalue weighted by molar-refractivity contribution is 0.109. The lowest BCUT2D eigenvalue weighted by Gasteiger charge is -2.42. The van der Waals surface area contributed by atoms with E-state index >= 15 is 0 Å². The van der Waals surface area contributed by atoms with Crippen LogP contribution in [0.4, 0.5) is 0 Å². The molecular formula is C18H27ClN2. The van der Waals surface area contributed by atoms with Crippen LogP contribution in [0.5, 0.6) is 0 Å². The van der Waals surface area contributed by atoms with Crippen molar-refractivity contribution in [2.75, 3.05) is 0 Å². The summed E-state index contributed by atoms with van der Waals surface area (Å²) in [5, 5.41) is 0.865. The van der Waals surface area contributed by atoms with Crippen molar-refractivity contribution in [2.45, 2.75) is 57.4 Å². The van der Waals surface area contributed by atoms with Gasteiger partial charge in [-0.2, -0.15) is 0 Å². The molecule has 0 saturated heterocycles. The van der Waals surface area contributed by atoms with Crippen LogP contribution in [0.25, 0.3) is 0 Å². The van der Waals surface area contributed by atoms with Crippen LogP contribution in [0.15, 0.2) is 24.3 Å². The molecule has 3 rings (SSSR count). The molecule has 2 fully saturated rings. The Morgan fingerprint density at radius 1 is 1.10 bits per heavy atom. The lowest BCUT2D eigenvalue weighted by atomic mass is 9.65. The van der Waals surface area contributed by atoms with Gasteiger partial charge in [0.1, 0.15) is 0 Å². The molecule has 116 valence electrons. The van der Waals surface area contributed by atoms with E-state index in [2.05, 4.69) is 17.6 Å². The Hall–Kier alpha value is -0.570. The van der Waals surface area contributed by atoms with Crippen molar-refractivity contribution >= 4 is 11.6 Å². The first-order chi connectivity index (χ1) is 10.3. The van der Waals surface area contributed by atoms with Gasteiger partial charge in [0, 0.05) is 11.1 Å². The van der Waals surface area contributed by atoms with E-state index in [0.29, 0.717) is 12.0 Å². The third-order valence-electron chi connectivity index (χ3n) is 5.76. The van der Waals surface area contributed by atoms with Gasteiger partial charge in [0.25, 0.3) is 0 Å². The number of benzene rings is 1. The zero-order chi connectivity index (χ0) is 14.7. The SMILES string of the molecule is NNC(Cc1ccccc1Cl)C1CCC2CCCCC2C1. The molecule has 0 bridgehead atoms. The fraction of sp³-hybridized carbons (Fsp3) is 0.667. The molecular weight excluding hydrogens is 280 g/mol. The maximum absolute atomic E-state index is 6.31. The van der Waals surface area contributed by atoms with E-state index in [-0.39, 0.29) is 0 Å². The molecule has 0 aromatic heterocycles. The number of hydrazine groups is 1. The van der Waals surface area contributed by atoms with Crippen LogP contribution in [0.1, 0.15) is 50.5 Å². The number of nitrogens with two attached hydrogens (primary N) is 1. The minimum atomic E-state index is 0.354. The van der Waals surface area contributed by atoms with E-state index in [1.54, 1.807) is 0 Å². The first-order valence-electron chi connectivity index (χ1n) is 8.47. The molecule has 4 atom stereocenters. The molecule has 2 nitrogen and oxygen atoms in total. The lowest BCUT2D eigenvalue weighted by Crippen LogP contribution is -2.45. The Bertz CT molecular complexity index is 462. The molecule has 4 unspecified atom stereocenters. The van der Waals surface area contributed by atoms with E-state index in [0.717, 1.165) is 23.3 Å². The molecule has 1 aromatic rings. The number of halogens is 1. The Morgan fingerprint density at radius 3 is 2.62 bits per heavy atom. The second-order valence-electron chi connectivity index (χ2n) is 6.95. The minimum absolute atomic E-state index is 0.354. The highest BCUT2D eigenvalue weighted by Crippen LogP contribution is 2.43. The summed E-state index contributed by atoms with van der Waals surface area (Å²) in [5.74, 6) is 8.51. The molecule has 2 aliphatic carbocycles. The van der Waals surface area contributed by atoms with E-state index in [1.165, 1.54) is 50.5 Å². The molecule has 2 saturated carbocycles. The van der Waals surface area contributed by atoms with Crippen LogP contribution in [-0.4, -0.2) is 6.04 Å². The number of fused-ring (bicyclic) bond motifs is 1. The minimum Gasteiger partial charge on any atom is -0.271 e. The maximum Gasteiger partial charge on any atom is 0.0438 e. The van der Waals surface area contributed by atoms with Gasteiger partial charge >= 0.3 is 0 Å². The van der Waals surface area contributed by atoms with Gasteiger partial charge in [-0.3, -0.25) is 11.3 Å². The van der Waals surface area contributed by atoms with E-state index in [9.17, 15) is 0 Å². The Balaban J connectivity index is 1.65. The van der Waals surface area contributed by atoms with Crippen molar-refractivity contribution in [1.82, 2.24) is 5.43 Å². The van der Waals surface area contributed by atoms with Crippen LogP contribution in [0.2, 0.25) is 5.02 Å². The van der Waals surface area contributed by atoms with Gasteiger partial charge in [0.2, 0.25) is 0 Å². The number of hydrogen-bond donors (Lipinski definition) is 2. The number of nitrogens with one attached hydrogen (secondary N) is 1. The van der Waals surface area contributed by atoms with Gasteiger partial charge in [-0.15, -0.1) is 0 Å². The van der Waals surface area contributed by atoms with Gasteiger partial charge in [0.15, 0.2) is 0 Å². The molecule has 0 amide bonds. The van der Waals surface area contributed by atoms with Crippen molar-refractivity contribution in [3.63, 3.8) is 0 Å². The molecule has 0 spiro atoms. The van der Waals surface area contributed by atoms with Gasteiger partial charge in [0.05, 0.1) is 0 Å². The topological polar surface area (TPSA) is 38.0 Å². The van der Waals surface area contributed by atoms with Crippen LogP contribution >= 0.6 is 11.6 Å². The van der Waals surface area contributed by atoms with Crippen molar-refractivity contribution in [1.29, 1.82) is 0 Å². The fourth-order valence-electron chi connectivity index (χ4n) is 4.54. The summed E-state index contributed by atoms with van der Waals surface area (Å²) in [7, 11) is 0. The molecule has 0 aliphatic heterocycles. The summed E-state index contributed by atoms with van der Waals surface area (Å²) in [6.07, 6.45) is 10.8. The molecule has 1 aromatic carbocycles. The highest BCUT2D eigenvalue weighted by molar-refractivity contribution is 6.31. The predicted molar refractivity (Wildman–Crippen MR) is 89.1 cm³/mol. The molecule has 3 N–H and O–H groups in total. The first kappa shape index (κ1) is 15.3. The smallest absolute Gasteiger partial charge is 0.0438 e. The number of hydrogen-bond acceptors (Lipinski definition) is 2. The summed E-state index contributed by atoms with van der Waals surface area (Å²) in [5.41, 5.74) is 4.30. The summed E-state index contributed by atoms with van der Waals surface area (Å²) >= 11 is 6.31. The molecule has 0 heterocycles. The second-order valence-corrected chi connectivity index (χ2v) is 7.35. The van der Waals surface area contributed by atoms with Gasteiger partial charge in [-0.1, -0.05) is 55.5 Å². The molecule has 0 radical (unpaired) electrons. The van der Waals surface area contributed by atoms with Crippen LogP contribution < -0.4 is 11.3 Å². The van der Waals surface area contributed by atoms with E-state index in [1.807, 2.05) is 12.1 Å². The summed E-state index contributed by atoms with van der Waals surface area (Å²) in [6, 6.07) is 8.51. The standard InChI is InChI=1S/C18H27ClN2/c19-17-8-4-3-7-15(17)12-18(21-20)16-10-9-13-5-1-2-6-14(13)11-16/h3-4,7-8,13-14,16,18,21H,1-2,5-6,9-12,20H2. The summed E-state index contributed by atoms with van der Waals surface area (Å²) in [4.78, 5) is 0. The van der Waals surface area contributed by atoms with E-state index in [4.69, 9.17) is 17.4 Å². The van der Waals surface area contributed by atoms with Crippen LogP contribution in [-0.2, 0) is 6.42 Å². The highest BCUT2D eigenvalue weighted by Gasteiger charge is 2.35. The predicted octanol–water partition coefficient (Wildman–Crippen LogP) is 4.32. The zero-order valence-electron chi connectivity index (χ0n) is 12.7. The average Bonchev–Trinajstić information content (AvgIpc) is 2.54. The third kappa shape index (κ3) is 3.61. The molecule has 21 heavy (non-hydrogen) atoms. The largest absolute Gasteiger partial charge is 0.271 e. The average molecular weight is 307 g/mol. The van der Waals surface area contributed by atoms with Gasteiger partial charge in [-0.25, -0.2) is 0 Å². The Labute approximate surface area is 133 Å². The monoisotopic (exact) mass is 306 g/mol. The summed E-state index contributed by atoms with van der Waals surface area (Å²) < 4.78 is 0.